The Morgan fingerprint density at radius 2 is 1.76 bits per heavy atom. The summed E-state index contributed by atoms with van der Waals surface area (Å²) in [6, 6.07) is 19.6. The Bertz CT molecular complexity index is 1410. The summed E-state index contributed by atoms with van der Waals surface area (Å²) in [5.74, 6) is -0.703. The van der Waals surface area contributed by atoms with Gasteiger partial charge in [-0.1, -0.05) is 72.3 Å². The number of halogens is 4. The average molecular weight is 527 g/mol. The molecule has 0 saturated carbocycles. The number of aliphatic hydroxyl groups excluding tert-OH is 1. The van der Waals surface area contributed by atoms with Gasteiger partial charge in [0.05, 0.1) is 12.2 Å². The van der Waals surface area contributed by atoms with Crippen LogP contribution in [0.3, 0.4) is 0 Å². The molecule has 1 aliphatic heterocycles. The van der Waals surface area contributed by atoms with Crippen LogP contribution in [-0.4, -0.2) is 27.0 Å². The van der Waals surface area contributed by atoms with Crippen LogP contribution in [0.25, 0.3) is 0 Å². The van der Waals surface area contributed by atoms with Gasteiger partial charge in [-0.15, -0.1) is 0 Å². The van der Waals surface area contributed by atoms with E-state index in [1.54, 1.807) is 60.7 Å². The third-order valence-corrected chi connectivity index (χ3v) is 6.59. The van der Waals surface area contributed by atoms with Gasteiger partial charge in [-0.2, -0.15) is 18.3 Å². The first-order valence-corrected chi connectivity index (χ1v) is 11.9. The minimum Gasteiger partial charge on any atom is -0.384 e. The molecule has 2 heterocycles. The Hall–Kier alpha value is -3.82. The van der Waals surface area contributed by atoms with E-state index in [1.807, 2.05) is 6.07 Å². The van der Waals surface area contributed by atoms with Gasteiger partial charge >= 0.3 is 6.18 Å². The Morgan fingerprint density at radius 3 is 2.43 bits per heavy atom. The highest BCUT2D eigenvalue weighted by Crippen LogP contribution is 2.44. The van der Waals surface area contributed by atoms with Gasteiger partial charge in [-0.25, -0.2) is 4.68 Å². The maximum atomic E-state index is 14.0. The summed E-state index contributed by atoms with van der Waals surface area (Å²) >= 11 is 6.16. The van der Waals surface area contributed by atoms with Gasteiger partial charge in [0.1, 0.15) is 17.5 Å². The molecule has 3 atom stereocenters. The zero-order valence-corrected chi connectivity index (χ0v) is 20.0. The van der Waals surface area contributed by atoms with Crippen LogP contribution in [0.5, 0.6) is 0 Å². The van der Waals surface area contributed by atoms with Crippen LogP contribution < -0.4 is 10.6 Å². The molecule has 1 amide bonds. The second-order valence-corrected chi connectivity index (χ2v) is 9.19. The van der Waals surface area contributed by atoms with Crippen molar-refractivity contribution in [3.05, 3.63) is 112 Å². The molecule has 5 rings (SSSR count). The van der Waals surface area contributed by atoms with E-state index in [4.69, 9.17) is 11.6 Å². The van der Waals surface area contributed by atoms with Gasteiger partial charge in [0, 0.05) is 22.7 Å². The lowest BCUT2D eigenvalue weighted by atomic mass is 9.96. The zero-order chi connectivity index (χ0) is 26.2. The molecule has 0 unspecified atom stereocenters. The molecule has 1 aliphatic rings. The third-order valence-electron chi connectivity index (χ3n) is 6.36. The van der Waals surface area contributed by atoms with Crippen molar-refractivity contribution >= 4 is 29.0 Å². The van der Waals surface area contributed by atoms with Crippen LogP contribution in [0.1, 0.15) is 51.7 Å². The lowest BCUT2D eigenvalue weighted by Crippen LogP contribution is -2.36. The van der Waals surface area contributed by atoms with E-state index in [9.17, 15) is 23.1 Å². The first-order chi connectivity index (χ1) is 17.7. The Labute approximate surface area is 215 Å². The van der Waals surface area contributed by atoms with Crippen molar-refractivity contribution in [2.45, 2.75) is 30.8 Å². The number of aromatic nitrogens is 2. The van der Waals surface area contributed by atoms with Crippen LogP contribution in [0.2, 0.25) is 5.02 Å². The van der Waals surface area contributed by atoms with E-state index in [0.29, 0.717) is 21.7 Å². The van der Waals surface area contributed by atoms with E-state index in [2.05, 4.69) is 15.7 Å². The molecule has 1 aromatic heterocycles. The monoisotopic (exact) mass is 526 g/mol. The number of hydrogen-bond donors (Lipinski definition) is 3. The van der Waals surface area contributed by atoms with E-state index in [-0.39, 0.29) is 23.5 Å². The molecule has 0 aliphatic carbocycles. The summed E-state index contributed by atoms with van der Waals surface area (Å²) in [5, 5.41) is 21.0. The number of aliphatic hydroxyl groups is 1. The summed E-state index contributed by atoms with van der Waals surface area (Å²) in [6.45, 7) is 0. The van der Waals surface area contributed by atoms with E-state index in [1.165, 1.54) is 12.1 Å². The molecule has 0 bridgehead atoms. The van der Waals surface area contributed by atoms with Gasteiger partial charge in [0.15, 0.2) is 6.04 Å². The molecule has 0 spiro atoms. The number of carbonyl (C=O) groups is 1. The normalized spacial score (nSPS) is 18.0. The third kappa shape index (κ3) is 5.05. The first-order valence-electron chi connectivity index (χ1n) is 11.5. The van der Waals surface area contributed by atoms with Crippen molar-refractivity contribution in [1.82, 2.24) is 9.78 Å². The van der Waals surface area contributed by atoms with Crippen LogP contribution in [0.15, 0.2) is 85.1 Å². The van der Waals surface area contributed by atoms with Crippen LogP contribution in [0, 0.1) is 0 Å². The fraction of sp³-hybridized carbons (Fsp3) is 0.185. The number of benzene rings is 3. The summed E-state index contributed by atoms with van der Waals surface area (Å²) < 4.78 is 42.7. The van der Waals surface area contributed by atoms with E-state index in [0.717, 1.165) is 10.9 Å². The molecule has 3 N–H and O–H groups in total. The highest BCUT2D eigenvalue weighted by molar-refractivity contribution is 6.30. The molecule has 10 heteroatoms. The molecule has 3 aromatic carbocycles. The summed E-state index contributed by atoms with van der Waals surface area (Å²) in [4.78, 5) is 13.3. The van der Waals surface area contributed by atoms with E-state index < -0.39 is 30.3 Å². The highest BCUT2D eigenvalue weighted by Gasteiger charge is 2.47. The lowest BCUT2D eigenvalue weighted by Gasteiger charge is -2.34. The molecule has 4 aromatic rings. The Morgan fingerprint density at radius 1 is 1.08 bits per heavy atom. The largest absolute Gasteiger partial charge is 0.410 e. The number of nitrogens with zero attached hydrogens (tertiary/aromatic N) is 2. The number of amides is 1. The molecule has 190 valence electrons. The summed E-state index contributed by atoms with van der Waals surface area (Å²) in [5.41, 5.74) is 1.82. The number of hydrogen-bond acceptors (Lipinski definition) is 4. The van der Waals surface area contributed by atoms with Gasteiger partial charge < -0.3 is 15.7 Å². The quantitative estimate of drug-likeness (QED) is 0.276. The second kappa shape index (κ2) is 9.91. The standard InChI is InChI=1S/C27H22ClF3N4O2/c28-18-11-12-21(19(13-18)24(36)17-9-5-2-6-10-17)34-26(37)20-15-32-35-23(27(29,30)31)14-22(33-25(20)35)16-7-3-1-4-8-16/h1-13,15,22-24,33,36H,14H2,(H,34,37)/t22-,23-,24-/m1/s1. The topological polar surface area (TPSA) is 79.2 Å². The molecule has 0 saturated heterocycles. The Balaban J connectivity index is 1.49. The molecule has 0 fully saturated rings. The molecule has 37 heavy (non-hydrogen) atoms. The van der Waals surface area contributed by atoms with Crippen LogP contribution in [-0.2, 0) is 0 Å². The minimum atomic E-state index is -4.56. The number of alkyl halides is 3. The highest BCUT2D eigenvalue weighted by atomic mass is 35.5. The predicted molar refractivity (Wildman–Crippen MR) is 135 cm³/mol. The first kappa shape index (κ1) is 24.9. The molecular formula is C27H22ClF3N4O2. The fourth-order valence-electron chi connectivity index (χ4n) is 4.51. The number of anilines is 2. The number of carbonyl (C=O) groups excluding carboxylic acids is 1. The number of nitrogens with one attached hydrogen (secondary N) is 2. The summed E-state index contributed by atoms with van der Waals surface area (Å²) in [6.07, 6.45) is -4.81. The zero-order valence-electron chi connectivity index (χ0n) is 19.3. The maximum Gasteiger partial charge on any atom is 0.410 e. The van der Waals surface area contributed by atoms with Crippen LogP contribution >= 0.6 is 11.6 Å². The van der Waals surface area contributed by atoms with Gasteiger partial charge in [-0.05, 0) is 29.3 Å². The molecule has 6 nitrogen and oxygen atoms in total. The van der Waals surface area contributed by atoms with Crippen molar-refractivity contribution in [3.63, 3.8) is 0 Å². The van der Waals surface area contributed by atoms with Gasteiger partial charge in [-0.3, -0.25) is 4.79 Å². The second-order valence-electron chi connectivity index (χ2n) is 8.75. The fourth-order valence-corrected chi connectivity index (χ4v) is 4.69. The number of rotatable bonds is 5. The lowest BCUT2D eigenvalue weighted by molar-refractivity contribution is -0.173. The van der Waals surface area contributed by atoms with Crippen molar-refractivity contribution in [2.75, 3.05) is 10.6 Å². The van der Waals surface area contributed by atoms with Crippen molar-refractivity contribution in [2.24, 2.45) is 0 Å². The predicted octanol–water partition coefficient (Wildman–Crippen LogP) is 6.53. The van der Waals surface area contributed by atoms with Gasteiger partial charge in [0.25, 0.3) is 5.91 Å². The molecular weight excluding hydrogens is 505 g/mol. The SMILES string of the molecule is O=C(Nc1ccc(Cl)cc1[C@H](O)c1ccccc1)c1cnn2c1N[C@@H](c1ccccc1)C[C@@H]2C(F)(F)F. The minimum absolute atomic E-state index is 0.0287. The van der Waals surface area contributed by atoms with Crippen molar-refractivity contribution in [1.29, 1.82) is 0 Å². The smallest absolute Gasteiger partial charge is 0.384 e. The van der Waals surface area contributed by atoms with Gasteiger partial charge in [0.2, 0.25) is 0 Å². The maximum absolute atomic E-state index is 14.0. The summed E-state index contributed by atoms with van der Waals surface area (Å²) in [7, 11) is 0. The Kier molecular flexibility index (Phi) is 6.66. The average Bonchev–Trinajstić information content (AvgIpc) is 3.33. The van der Waals surface area contributed by atoms with Crippen molar-refractivity contribution < 1.29 is 23.1 Å². The molecule has 0 radical (unpaired) electrons. The van der Waals surface area contributed by atoms with Crippen molar-refractivity contribution in [3.8, 4) is 0 Å². The van der Waals surface area contributed by atoms with E-state index >= 15 is 0 Å². The van der Waals surface area contributed by atoms with Crippen LogP contribution in [0.4, 0.5) is 24.7 Å². The number of fused-ring (bicyclic) bond motifs is 1.